The van der Waals surface area contributed by atoms with Gasteiger partial charge in [-0.25, -0.2) is 4.39 Å². The summed E-state index contributed by atoms with van der Waals surface area (Å²) in [5, 5.41) is 3.04. The zero-order chi connectivity index (χ0) is 27.7. The maximum absolute atomic E-state index is 13.7. The summed E-state index contributed by atoms with van der Waals surface area (Å²) >= 11 is 3.55. The molecule has 0 aliphatic heterocycles. The first-order valence-electron chi connectivity index (χ1n) is 13.0. The number of amides is 2. The van der Waals surface area contributed by atoms with Gasteiger partial charge >= 0.3 is 0 Å². The van der Waals surface area contributed by atoms with Crippen molar-refractivity contribution in [3.8, 4) is 5.75 Å². The Morgan fingerprint density at radius 2 is 1.66 bits per heavy atom. The van der Waals surface area contributed by atoms with Crippen LogP contribution in [0.4, 0.5) is 4.39 Å². The molecule has 0 heterocycles. The molecular formula is C31H36BrFN2O3. The summed E-state index contributed by atoms with van der Waals surface area (Å²) in [5.74, 6) is -0.0281. The molecule has 0 spiro atoms. The molecule has 7 heteroatoms. The van der Waals surface area contributed by atoms with Gasteiger partial charge in [0.1, 0.15) is 17.6 Å². The molecule has 0 unspecified atom stereocenters. The highest BCUT2D eigenvalue weighted by molar-refractivity contribution is 9.10. The van der Waals surface area contributed by atoms with E-state index in [-0.39, 0.29) is 36.8 Å². The number of halogens is 2. The first kappa shape index (κ1) is 29.4. The number of ether oxygens (including phenoxy) is 1. The van der Waals surface area contributed by atoms with Gasteiger partial charge in [0.25, 0.3) is 5.91 Å². The van der Waals surface area contributed by atoms with Gasteiger partial charge < -0.3 is 15.0 Å². The summed E-state index contributed by atoms with van der Waals surface area (Å²) in [6.45, 7) is 8.04. The third-order valence-electron chi connectivity index (χ3n) is 6.51. The molecule has 3 rings (SSSR count). The molecule has 1 N–H and O–H groups in total. The van der Waals surface area contributed by atoms with Crippen LogP contribution in [-0.2, 0) is 22.6 Å². The summed E-state index contributed by atoms with van der Waals surface area (Å²) in [7, 11) is 0. The molecule has 0 bridgehead atoms. The fourth-order valence-electron chi connectivity index (χ4n) is 4.00. The summed E-state index contributed by atoms with van der Waals surface area (Å²) in [6.07, 6.45) is 1.10. The summed E-state index contributed by atoms with van der Waals surface area (Å²) in [4.78, 5) is 28.8. The molecule has 0 aromatic heterocycles. The molecule has 3 aromatic carbocycles. The zero-order valence-electron chi connectivity index (χ0n) is 22.4. The topological polar surface area (TPSA) is 58.6 Å². The second kappa shape index (κ2) is 14.1. The van der Waals surface area contributed by atoms with E-state index in [4.69, 9.17) is 4.74 Å². The van der Waals surface area contributed by atoms with Crippen molar-refractivity contribution in [1.29, 1.82) is 0 Å². The number of rotatable bonds is 12. The van der Waals surface area contributed by atoms with Crippen LogP contribution in [0.3, 0.4) is 0 Å². The number of nitrogens with one attached hydrogen (secondary N) is 1. The van der Waals surface area contributed by atoms with E-state index < -0.39 is 6.04 Å². The lowest BCUT2D eigenvalue weighted by Gasteiger charge is -2.32. The van der Waals surface area contributed by atoms with E-state index in [2.05, 4.69) is 35.1 Å². The molecule has 0 saturated heterocycles. The number of benzene rings is 3. The quantitative estimate of drug-likeness (QED) is 0.260. The maximum atomic E-state index is 13.7. The lowest BCUT2D eigenvalue weighted by Crippen LogP contribution is -2.53. The second-order valence-corrected chi connectivity index (χ2v) is 10.7. The van der Waals surface area contributed by atoms with Crippen LogP contribution in [0, 0.1) is 5.82 Å². The molecule has 3 aromatic rings. The Bertz CT molecular complexity index is 1200. The van der Waals surface area contributed by atoms with Gasteiger partial charge in [0, 0.05) is 19.0 Å². The largest absolute Gasteiger partial charge is 0.483 e. The molecule has 0 saturated carbocycles. The van der Waals surface area contributed by atoms with Gasteiger partial charge in [0.05, 0.1) is 4.47 Å². The fourth-order valence-corrected chi connectivity index (χ4v) is 4.51. The van der Waals surface area contributed by atoms with E-state index in [1.165, 1.54) is 17.0 Å². The Morgan fingerprint density at radius 3 is 2.26 bits per heavy atom. The van der Waals surface area contributed by atoms with Crippen LogP contribution < -0.4 is 10.1 Å². The van der Waals surface area contributed by atoms with Gasteiger partial charge in [-0.05, 0) is 76.1 Å². The minimum Gasteiger partial charge on any atom is -0.483 e. The molecule has 202 valence electrons. The van der Waals surface area contributed by atoms with Crippen molar-refractivity contribution in [1.82, 2.24) is 10.2 Å². The van der Waals surface area contributed by atoms with E-state index in [0.717, 1.165) is 27.6 Å². The molecule has 38 heavy (non-hydrogen) atoms. The number of carbonyl (C=O) groups is 2. The lowest BCUT2D eigenvalue weighted by atomic mass is 10.0. The van der Waals surface area contributed by atoms with E-state index in [1.54, 1.807) is 12.1 Å². The Kier molecular flexibility index (Phi) is 10.9. The van der Waals surface area contributed by atoms with Crippen LogP contribution in [-0.4, -0.2) is 35.4 Å². The summed E-state index contributed by atoms with van der Waals surface area (Å²) < 4.78 is 20.3. The Balaban J connectivity index is 1.91. The molecule has 0 aliphatic rings. The van der Waals surface area contributed by atoms with E-state index in [0.29, 0.717) is 18.1 Å². The Morgan fingerprint density at radius 1 is 0.974 bits per heavy atom. The second-order valence-electron chi connectivity index (χ2n) is 9.80. The molecule has 0 fully saturated rings. The summed E-state index contributed by atoms with van der Waals surface area (Å²) in [5.41, 5.74) is 2.80. The van der Waals surface area contributed by atoms with Crippen LogP contribution in [0.15, 0.2) is 77.3 Å². The van der Waals surface area contributed by atoms with Gasteiger partial charge in [-0.3, -0.25) is 9.59 Å². The third kappa shape index (κ3) is 8.42. The molecule has 5 nitrogen and oxygen atoms in total. The van der Waals surface area contributed by atoms with Crippen molar-refractivity contribution < 1.29 is 18.7 Å². The van der Waals surface area contributed by atoms with Crippen molar-refractivity contribution in [2.24, 2.45) is 0 Å². The van der Waals surface area contributed by atoms with Crippen molar-refractivity contribution >= 4 is 27.7 Å². The average molecular weight is 584 g/mol. The van der Waals surface area contributed by atoms with Gasteiger partial charge in [-0.1, -0.05) is 69.3 Å². The van der Waals surface area contributed by atoms with Crippen molar-refractivity contribution in [3.63, 3.8) is 0 Å². The third-order valence-corrected chi connectivity index (χ3v) is 7.13. The van der Waals surface area contributed by atoms with Crippen LogP contribution in [0.1, 0.15) is 56.7 Å². The minimum absolute atomic E-state index is 0.0461. The van der Waals surface area contributed by atoms with Gasteiger partial charge in [-0.2, -0.15) is 0 Å². The first-order chi connectivity index (χ1) is 18.2. The number of hydrogen-bond donors (Lipinski definition) is 1. The highest BCUT2D eigenvalue weighted by atomic mass is 79.9. The summed E-state index contributed by atoms with van der Waals surface area (Å²) in [6, 6.07) is 20.6. The number of carbonyl (C=O) groups excluding carboxylic acids is 2. The fraction of sp³-hybridized carbons (Fsp3) is 0.355. The van der Waals surface area contributed by atoms with Crippen LogP contribution in [0.25, 0.3) is 0 Å². The standard InChI is InChI=1S/C31H36BrFN2O3/c1-5-22(4)34-31(37)28(17-23-9-7-6-8-10-23)35(19-24-11-14-26(33)15-12-24)30(36)20-38-29-16-13-25(21(2)3)18-27(29)32/h6-16,18,21-22,28H,5,17,19-20H2,1-4H3,(H,34,37)/t22-,28+/m1/s1. The van der Waals surface area contributed by atoms with Crippen molar-refractivity contribution in [3.05, 3.63) is 99.8 Å². The normalized spacial score (nSPS) is 12.6. The van der Waals surface area contributed by atoms with Crippen LogP contribution in [0.2, 0.25) is 0 Å². The van der Waals surface area contributed by atoms with E-state index in [9.17, 15) is 14.0 Å². The maximum Gasteiger partial charge on any atom is 0.261 e. The van der Waals surface area contributed by atoms with E-state index >= 15 is 0 Å². The van der Waals surface area contributed by atoms with Crippen molar-refractivity contribution in [2.75, 3.05) is 6.61 Å². The molecule has 2 amide bonds. The van der Waals surface area contributed by atoms with Crippen LogP contribution >= 0.6 is 15.9 Å². The van der Waals surface area contributed by atoms with Crippen molar-refractivity contribution in [2.45, 2.75) is 65.1 Å². The van der Waals surface area contributed by atoms with E-state index in [1.807, 2.05) is 62.4 Å². The lowest BCUT2D eigenvalue weighted by molar-refractivity contribution is -0.143. The highest BCUT2D eigenvalue weighted by Gasteiger charge is 2.31. The first-order valence-corrected chi connectivity index (χ1v) is 13.8. The Hall–Kier alpha value is -3.19. The average Bonchev–Trinajstić information content (AvgIpc) is 2.91. The SMILES string of the molecule is CC[C@@H](C)NC(=O)[C@H](Cc1ccccc1)N(Cc1ccc(F)cc1)C(=O)COc1ccc(C(C)C)cc1Br. The van der Waals surface area contributed by atoms with Gasteiger partial charge in [0.2, 0.25) is 5.91 Å². The molecule has 0 radical (unpaired) electrons. The predicted molar refractivity (Wildman–Crippen MR) is 153 cm³/mol. The van der Waals surface area contributed by atoms with Gasteiger partial charge in [-0.15, -0.1) is 0 Å². The molecule has 2 atom stereocenters. The smallest absolute Gasteiger partial charge is 0.261 e. The van der Waals surface area contributed by atoms with Crippen LogP contribution in [0.5, 0.6) is 5.75 Å². The monoisotopic (exact) mass is 582 g/mol. The predicted octanol–water partition coefficient (Wildman–Crippen LogP) is 6.65. The number of hydrogen-bond acceptors (Lipinski definition) is 3. The minimum atomic E-state index is -0.778. The Labute approximate surface area is 233 Å². The zero-order valence-corrected chi connectivity index (χ0v) is 24.0. The molecule has 0 aliphatic carbocycles. The molecular weight excluding hydrogens is 547 g/mol. The highest BCUT2D eigenvalue weighted by Crippen LogP contribution is 2.29. The number of nitrogens with zero attached hydrogens (tertiary/aromatic N) is 1. The van der Waals surface area contributed by atoms with Gasteiger partial charge in [0.15, 0.2) is 6.61 Å².